The molecule has 0 bridgehead atoms. The molecule has 1 rings (SSSR count). The summed E-state index contributed by atoms with van der Waals surface area (Å²) in [6.45, 7) is 0. The van der Waals surface area contributed by atoms with Crippen LogP contribution in [-0.4, -0.2) is 10.0 Å². The number of rotatable bonds is 2. The molecule has 66 valence electrons. The Morgan fingerprint density at radius 3 is 2.85 bits per heavy atom. The molecule has 13 heavy (non-hydrogen) atoms. The molecular weight excluding hydrogens is 172 g/mol. The highest BCUT2D eigenvalue weighted by molar-refractivity contribution is 5.36. The summed E-state index contributed by atoms with van der Waals surface area (Å²) in [5.74, 6) is 0. The fourth-order valence-electron chi connectivity index (χ4n) is 0.883. The molecule has 0 aromatic heterocycles. The molecule has 5 heteroatoms. The monoisotopic (exact) mass is 178 g/mol. The molecule has 1 N–H and O–H groups in total. The average molecular weight is 178 g/mol. The Morgan fingerprint density at radius 1 is 1.62 bits per heavy atom. The Bertz CT molecular complexity index is 370. The van der Waals surface area contributed by atoms with Gasteiger partial charge in [-0.25, -0.2) is 0 Å². The molecule has 1 aromatic rings. The third kappa shape index (κ3) is 2.01. The molecule has 0 saturated heterocycles. The van der Waals surface area contributed by atoms with Crippen molar-refractivity contribution in [1.29, 1.82) is 5.26 Å². The van der Waals surface area contributed by atoms with Gasteiger partial charge < -0.3 is 5.11 Å². The van der Waals surface area contributed by atoms with E-state index in [-0.39, 0.29) is 11.3 Å². The third-order valence-electron chi connectivity index (χ3n) is 1.52. The lowest BCUT2D eigenvalue weighted by atomic mass is 10.1. The maximum absolute atomic E-state index is 10.3. The number of nitro benzene ring substituents is 1. The van der Waals surface area contributed by atoms with Crippen molar-refractivity contribution >= 4 is 5.69 Å². The quantitative estimate of drug-likeness (QED) is 0.418. The second kappa shape index (κ2) is 3.65. The van der Waals surface area contributed by atoms with Gasteiger partial charge in [0.1, 0.15) is 0 Å². The molecule has 0 saturated carbocycles. The van der Waals surface area contributed by atoms with Crippen LogP contribution in [0.2, 0.25) is 0 Å². The first-order valence-corrected chi connectivity index (χ1v) is 3.47. The summed E-state index contributed by atoms with van der Waals surface area (Å²) >= 11 is 0. The Hall–Kier alpha value is -1.93. The lowest BCUT2D eigenvalue weighted by molar-refractivity contribution is -0.385. The molecule has 0 aliphatic carbocycles. The Labute approximate surface area is 74.0 Å². The van der Waals surface area contributed by atoms with E-state index in [1.165, 1.54) is 24.3 Å². The molecule has 0 spiro atoms. The van der Waals surface area contributed by atoms with Gasteiger partial charge in [-0.05, 0) is 0 Å². The van der Waals surface area contributed by atoms with Crippen LogP contribution in [0.15, 0.2) is 24.3 Å². The van der Waals surface area contributed by atoms with Crippen LogP contribution in [0.5, 0.6) is 0 Å². The lowest BCUT2D eigenvalue weighted by Gasteiger charge is -2.00. The zero-order valence-corrected chi connectivity index (χ0v) is 6.54. The molecule has 0 amide bonds. The van der Waals surface area contributed by atoms with Crippen molar-refractivity contribution in [3.05, 3.63) is 39.9 Å². The number of benzene rings is 1. The van der Waals surface area contributed by atoms with E-state index in [0.29, 0.717) is 0 Å². The molecule has 0 radical (unpaired) electrons. The summed E-state index contributed by atoms with van der Waals surface area (Å²) in [7, 11) is 0. The summed E-state index contributed by atoms with van der Waals surface area (Å²) in [5.41, 5.74) is 0.100. The van der Waals surface area contributed by atoms with E-state index in [2.05, 4.69) is 0 Å². The highest BCUT2D eigenvalue weighted by Gasteiger charge is 2.10. The van der Waals surface area contributed by atoms with Crippen molar-refractivity contribution in [2.75, 3.05) is 0 Å². The van der Waals surface area contributed by atoms with Gasteiger partial charge in [0, 0.05) is 17.7 Å². The number of nitro groups is 1. The molecule has 0 fully saturated rings. The van der Waals surface area contributed by atoms with E-state index < -0.39 is 11.0 Å². The van der Waals surface area contributed by atoms with Gasteiger partial charge in [-0.15, -0.1) is 0 Å². The van der Waals surface area contributed by atoms with Crippen molar-refractivity contribution in [2.24, 2.45) is 0 Å². The Morgan fingerprint density at radius 2 is 2.31 bits per heavy atom. The fraction of sp³-hybridized carbons (Fsp3) is 0.125. The van der Waals surface area contributed by atoms with Crippen molar-refractivity contribution in [3.63, 3.8) is 0 Å². The first kappa shape index (κ1) is 9.16. The van der Waals surface area contributed by atoms with Crippen LogP contribution in [0.3, 0.4) is 0 Å². The molecule has 5 nitrogen and oxygen atoms in total. The van der Waals surface area contributed by atoms with E-state index in [1.807, 2.05) is 0 Å². The van der Waals surface area contributed by atoms with Crippen LogP contribution in [0.4, 0.5) is 5.69 Å². The molecule has 1 atom stereocenters. The standard InChI is InChI=1S/C8H6N2O3/c9-5-8(11)6-2-1-3-7(4-6)10(12)13/h1-4,8,11H/t8-/m1/s1. The van der Waals surface area contributed by atoms with E-state index in [4.69, 9.17) is 10.4 Å². The van der Waals surface area contributed by atoms with E-state index in [1.54, 1.807) is 6.07 Å². The minimum Gasteiger partial charge on any atom is -0.374 e. The number of nitrogens with zero attached hydrogens (tertiary/aromatic N) is 2. The van der Waals surface area contributed by atoms with Crippen molar-refractivity contribution < 1.29 is 10.0 Å². The van der Waals surface area contributed by atoms with Gasteiger partial charge in [-0.1, -0.05) is 12.1 Å². The predicted octanol–water partition coefficient (Wildman–Crippen LogP) is 1.15. The van der Waals surface area contributed by atoms with Crippen LogP contribution in [-0.2, 0) is 0 Å². The number of aliphatic hydroxyl groups is 1. The van der Waals surface area contributed by atoms with Crippen molar-refractivity contribution in [3.8, 4) is 6.07 Å². The highest BCUT2D eigenvalue weighted by Crippen LogP contribution is 2.18. The summed E-state index contributed by atoms with van der Waals surface area (Å²) in [5, 5.41) is 27.7. The molecule has 0 heterocycles. The lowest BCUT2D eigenvalue weighted by Crippen LogP contribution is -1.95. The largest absolute Gasteiger partial charge is 0.374 e. The average Bonchev–Trinajstić information content (AvgIpc) is 2.17. The number of hydrogen-bond donors (Lipinski definition) is 1. The Kier molecular flexibility index (Phi) is 2.57. The van der Waals surface area contributed by atoms with Crippen molar-refractivity contribution in [1.82, 2.24) is 0 Å². The molecule has 0 aliphatic heterocycles. The summed E-state index contributed by atoms with van der Waals surface area (Å²) in [6, 6.07) is 6.94. The minimum atomic E-state index is -1.31. The van der Waals surface area contributed by atoms with Crippen LogP contribution >= 0.6 is 0 Å². The summed E-state index contributed by atoms with van der Waals surface area (Å²) in [4.78, 5) is 9.73. The van der Waals surface area contributed by atoms with Crippen molar-refractivity contribution in [2.45, 2.75) is 6.10 Å². The number of nitriles is 1. The van der Waals surface area contributed by atoms with E-state index in [9.17, 15) is 10.1 Å². The first-order valence-electron chi connectivity index (χ1n) is 3.47. The summed E-state index contributed by atoms with van der Waals surface area (Å²) < 4.78 is 0. The van der Waals surface area contributed by atoms with Gasteiger partial charge in [0.2, 0.25) is 0 Å². The second-order valence-electron chi connectivity index (χ2n) is 2.38. The zero-order chi connectivity index (χ0) is 9.84. The van der Waals surface area contributed by atoms with Crippen LogP contribution < -0.4 is 0 Å². The second-order valence-corrected chi connectivity index (χ2v) is 2.38. The Balaban J connectivity index is 3.07. The number of non-ortho nitro benzene ring substituents is 1. The third-order valence-corrected chi connectivity index (χ3v) is 1.52. The van der Waals surface area contributed by atoms with Crippen LogP contribution in [0, 0.1) is 21.4 Å². The van der Waals surface area contributed by atoms with E-state index >= 15 is 0 Å². The maximum atomic E-state index is 10.3. The molecule has 0 unspecified atom stereocenters. The van der Waals surface area contributed by atoms with E-state index in [0.717, 1.165) is 0 Å². The van der Waals surface area contributed by atoms with Gasteiger partial charge in [0.25, 0.3) is 5.69 Å². The molecular formula is C8H6N2O3. The normalized spacial score (nSPS) is 11.7. The van der Waals surface area contributed by atoms with Crippen LogP contribution in [0.1, 0.15) is 11.7 Å². The molecule has 1 aromatic carbocycles. The van der Waals surface area contributed by atoms with Gasteiger partial charge in [-0.2, -0.15) is 5.26 Å². The van der Waals surface area contributed by atoms with Crippen LogP contribution in [0.25, 0.3) is 0 Å². The fourth-order valence-corrected chi connectivity index (χ4v) is 0.883. The minimum absolute atomic E-state index is 0.133. The number of aliphatic hydroxyl groups excluding tert-OH is 1. The first-order chi connectivity index (χ1) is 6.15. The topological polar surface area (TPSA) is 87.2 Å². The summed E-state index contributed by atoms with van der Waals surface area (Å²) in [6.07, 6.45) is -1.31. The molecule has 0 aliphatic rings. The highest BCUT2D eigenvalue weighted by atomic mass is 16.6. The van der Waals surface area contributed by atoms with Gasteiger partial charge in [0.05, 0.1) is 11.0 Å². The van der Waals surface area contributed by atoms with Gasteiger partial charge >= 0.3 is 0 Å². The smallest absolute Gasteiger partial charge is 0.269 e. The van der Waals surface area contributed by atoms with Gasteiger partial charge in [0.15, 0.2) is 6.10 Å². The SMILES string of the molecule is N#C[C@@H](O)c1cccc([N+](=O)[O-])c1. The maximum Gasteiger partial charge on any atom is 0.269 e. The van der Waals surface area contributed by atoms with Gasteiger partial charge in [-0.3, -0.25) is 10.1 Å². The zero-order valence-electron chi connectivity index (χ0n) is 6.54. The predicted molar refractivity (Wildman–Crippen MR) is 43.7 cm³/mol. The number of hydrogen-bond acceptors (Lipinski definition) is 4.